The van der Waals surface area contributed by atoms with E-state index in [0.717, 1.165) is 44.9 Å². The van der Waals surface area contributed by atoms with Crippen LogP contribution in [-0.2, 0) is 0 Å². The fourth-order valence-corrected chi connectivity index (χ4v) is 5.62. The Hall–Kier alpha value is -2.05. The van der Waals surface area contributed by atoms with Crippen molar-refractivity contribution < 1.29 is 0 Å². The average Bonchev–Trinajstić information content (AvgIpc) is 2.97. The second-order valence-electron chi connectivity index (χ2n) is 14.1. The predicted molar refractivity (Wildman–Crippen MR) is 214 cm³/mol. The van der Waals surface area contributed by atoms with Gasteiger partial charge >= 0.3 is 0 Å². The van der Waals surface area contributed by atoms with Gasteiger partial charge in [0.25, 0.3) is 0 Å². The molecular weight excluding hydrogens is 576 g/mol. The van der Waals surface area contributed by atoms with E-state index in [4.69, 9.17) is 11.6 Å². The van der Waals surface area contributed by atoms with Crippen LogP contribution in [0.1, 0.15) is 172 Å². The molecule has 0 nitrogen and oxygen atoms in total. The summed E-state index contributed by atoms with van der Waals surface area (Å²) >= 11 is 5.78. The molecule has 0 N–H and O–H groups in total. The lowest BCUT2D eigenvalue weighted by atomic mass is 10.0. The Morgan fingerprint density at radius 1 is 0.283 bits per heavy atom. The highest BCUT2D eigenvalue weighted by atomic mass is 35.5. The topological polar surface area (TPSA) is 0 Å². The van der Waals surface area contributed by atoms with E-state index in [2.05, 4.69) is 124 Å². The van der Waals surface area contributed by atoms with Crippen molar-refractivity contribution in [1.29, 1.82) is 0 Å². The maximum Gasteiger partial charge on any atom is 0.0406 e. The second kappa shape index (κ2) is 29.1. The summed E-state index contributed by atoms with van der Waals surface area (Å²) in [5.74, 6) is 0.623. The van der Waals surface area contributed by atoms with Crippen LogP contribution in [0.4, 0.5) is 0 Å². The van der Waals surface area contributed by atoms with Gasteiger partial charge in [0.2, 0.25) is 0 Å². The SMILES string of the molecule is CC(C)=CCCC(C)=CCCC(C)=CCCC(C)=CCCC(C)=CCCC(C)=CCCC(C)=CCCC(C)=CCCC(C)=CCCl. The number of rotatable bonds is 25. The minimum absolute atomic E-state index is 0.623. The molecule has 46 heavy (non-hydrogen) atoms. The summed E-state index contributed by atoms with van der Waals surface area (Å²) in [7, 11) is 0. The number of halogens is 1. The number of allylic oxidation sites excluding steroid dienone is 18. The molecule has 0 spiro atoms. The summed E-state index contributed by atoms with van der Waals surface area (Å²) < 4.78 is 0. The van der Waals surface area contributed by atoms with Gasteiger partial charge in [-0.25, -0.2) is 0 Å². The molecule has 0 aliphatic carbocycles. The first-order valence-corrected chi connectivity index (χ1v) is 18.9. The molecule has 0 radical (unpaired) electrons. The molecule has 0 atom stereocenters. The van der Waals surface area contributed by atoms with Gasteiger partial charge < -0.3 is 0 Å². The van der Waals surface area contributed by atoms with Gasteiger partial charge in [-0.3, -0.25) is 0 Å². The van der Waals surface area contributed by atoms with Crippen LogP contribution in [-0.4, -0.2) is 5.88 Å². The molecule has 0 fully saturated rings. The molecule has 0 aliphatic heterocycles. The van der Waals surface area contributed by atoms with Crippen LogP contribution in [0.15, 0.2) is 105 Å². The lowest BCUT2D eigenvalue weighted by Gasteiger charge is -2.04. The maximum absolute atomic E-state index is 5.78. The molecule has 0 saturated heterocycles. The average molecular weight is 650 g/mol. The lowest BCUT2D eigenvalue weighted by Crippen LogP contribution is -1.84. The number of hydrogen-bond donors (Lipinski definition) is 0. The zero-order valence-corrected chi connectivity index (χ0v) is 32.9. The molecule has 260 valence electrons. The van der Waals surface area contributed by atoms with Crippen molar-refractivity contribution >= 4 is 11.6 Å². The summed E-state index contributed by atoms with van der Waals surface area (Å²) in [6.45, 7) is 22.6. The molecular formula is C45H73Cl. The standard InChI is InChI=1S/C45H73Cl/c1-37(2)19-11-20-38(3)21-12-22-39(4)23-13-24-40(5)25-14-26-41(6)27-15-28-42(7)29-16-30-43(8)31-17-32-44(9)33-18-34-45(10)35-36-46/h19,21,23,25,27,29,31,33,35H,11-18,20,22,24,26,28,30,32,34,36H2,1-10H3. The van der Waals surface area contributed by atoms with Crippen LogP contribution in [0.25, 0.3) is 0 Å². The van der Waals surface area contributed by atoms with E-state index in [1.807, 2.05) is 0 Å². The monoisotopic (exact) mass is 649 g/mol. The Bertz CT molecular complexity index is 1100. The predicted octanol–water partition coefficient (Wildman–Crippen LogP) is 16.0. The highest BCUT2D eigenvalue weighted by molar-refractivity contribution is 6.18. The van der Waals surface area contributed by atoms with Gasteiger partial charge in [-0.1, -0.05) is 105 Å². The molecule has 0 unspecified atom stereocenters. The Morgan fingerprint density at radius 2 is 0.457 bits per heavy atom. The first kappa shape index (κ1) is 43.9. The molecule has 0 aromatic heterocycles. The van der Waals surface area contributed by atoms with Crippen LogP contribution >= 0.6 is 11.6 Å². The van der Waals surface area contributed by atoms with Gasteiger partial charge in [-0.2, -0.15) is 0 Å². The third-order valence-corrected chi connectivity index (χ3v) is 8.89. The van der Waals surface area contributed by atoms with Crippen molar-refractivity contribution in [2.24, 2.45) is 0 Å². The zero-order chi connectivity index (χ0) is 34.6. The molecule has 0 bridgehead atoms. The Labute approximate surface area is 293 Å². The quantitative estimate of drug-likeness (QED) is 0.0682. The highest BCUT2D eigenvalue weighted by Gasteiger charge is 1.97. The van der Waals surface area contributed by atoms with Crippen molar-refractivity contribution in [3.8, 4) is 0 Å². The van der Waals surface area contributed by atoms with E-state index in [9.17, 15) is 0 Å². The molecule has 1 heteroatoms. The van der Waals surface area contributed by atoms with E-state index in [-0.39, 0.29) is 0 Å². The molecule has 0 aliphatic rings. The lowest BCUT2D eigenvalue weighted by molar-refractivity contribution is 0.880. The van der Waals surface area contributed by atoms with Crippen molar-refractivity contribution in [2.45, 2.75) is 172 Å². The Balaban J connectivity index is 4.21. The van der Waals surface area contributed by atoms with Gasteiger partial charge in [0.1, 0.15) is 0 Å². The van der Waals surface area contributed by atoms with Gasteiger partial charge in [-0.15, -0.1) is 11.6 Å². The molecule has 0 saturated carbocycles. The smallest absolute Gasteiger partial charge is 0.0406 e. The van der Waals surface area contributed by atoms with E-state index in [0.29, 0.717) is 5.88 Å². The van der Waals surface area contributed by atoms with Crippen molar-refractivity contribution in [1.82, 2.24) is 0 Å². The number of alkyl halides is 1. The molecule has 0 rings (SSSR count). The minimum Gasteiger partial charge on any atom is -0.122 e. The van der Waals surface area contributed by atoms with E-state index in [1.54, 1.807) is 0 Å². The third kappa shape index (κ3) is 29.4. The van der Waals surface area contributed by atoms with E-state index < -0.39 is 0 Å². The summed E-state index contributed by atoms with van der Waals surface area (Å²) in [6, 6.07) is 0. The van der Waals surface area contributed by atoms with Crippen LogP contribution < -0.4 is 0 Å². The van der Waals surface area contributed by atoms with Gasteiger partial charge in [-0.05, 0) is 172 Å². The minimum atomic E-state index is 0.623. The van der Waals surface area contributed by atoms with Crippen LogP contribution in [0, 0.1) is 0 Å². The molecule has 0 amide bonds. The summed E-state index contributed by atoms with van der Waals surface area (Å²) in [5.41, 5.74) is 13.5. The van der Waals surface area contributed by atoms with Gasteiger partial charge in [0.15, 0.2) is 0 Å². The second-order valence-corrected chi connectivity index (χ2v) is 14.5. The van der Waals surface area contributed by atoms with Gasteiger partial charge in [0, 0.05) is 5.88 Å². The van der Waals surface area contributed by atoms with Crippen molar-refractivity contribution in [3.63, 3.8) is 0 Å². The van der Waals surface area contributed by atoms with E-state index in [1.165, 1.54) is 108 Å². The van der Waals surface area contributed by atoms with Gasteiger partial charge in [0.05, 0.1) is 0 Å². The third-order valence-electron chi connectivity index (χ3n) is 8.74. The summed E-state index contributed by atoms with van der Waals surface area (Å²) in [6.07, 6.45) is 40.2. The Kier molecular flexibility index (Phi) is 27.8. The number of hydrogen-bond acceptors (Lipinski definition) is 0. The molecule has 0 heterocycles. The normalized spacial score (nSPS) is 14.8. The largest absolute Gasteiger partial charge is 0.122 e. The maximum atomic E-state index is 5.78. The Morgan fingerprint density at radius 3 is 0.630 bits per heavy atom. The molecule has 0 aromatic carbocycles. The van der Waals surface area contributed by atoms with Crippen LogP contribution in [0.2, 0.25) is 0 Å². The fraction of sp³-hybridized carbons (Fsp3) is 0.600. The first-order valence-electron chi connectivity index (χ1n) is 18.4. The summed E-state index contributed by atoms with van der Waals surface area (Å²) in [4.78, 5) is 0. The summed E-state index contributed by atoms with van der Waals surface area (Å²) in [5, 5.41) is 0. The fourth-order valence-electron chi connectivity index (χ4n) is 5.36. The molecule has 0 aromatic rings. The van der Waals surface area contributed by atoms with E-state index >= 15 is 0 Å². The van der Waals surface area contributed by atoms with Crippen LogP contribution in [0.5, 0.6) is 0 Å². The van der Waals surface area contributed by atoms with Crippen molar-refractivity contribution in [2.75, 3.05) is 5.88 Å². The first-order chi connectivity index (χ1) is 21.9. The highest BCUT2D eigenvalue weighted by Crippen LogP contribution is 2.17. The van der Waals surface area contributed by atoms with Crippen LogP contribution in [0.3, 0.4) is 0 Å². The zero-order valence-electron chi connectivity index (χ0n) is 32.1. The van der Waals surface area contributed by atoms with Crippen molar-refractivity contribution in [3.05, 3.63) is 105 Å².